The van der Waals surface area contributed by atoms with E-state index in [0.29, 0.717) is 38.5 Å². The molecular formula is C21H20N4O3S2. The highest BCUT2D eigenvalue weighted by molar-refractivity contribution is 7.93. The summed E-state index contributed by atoms with van der Waals surface area (Å²) in [6, 6.07) is 13.1. The van der Waals surface area contributed by atoms with Gasteiger partial charge in [0.1, 0.15) is 16.3 Å². The number of methoxy groups -OCH3 is 1. The summed E-state index contributed by atoms with van der Waals surface area (Å²) >= 11 is 0.0140. The van der Waals surface area contributed by atoms with E-state index < -0.39 is 11.2 Å². The third-order valence-electron chi connectivity index (χ3n) is 4.67. The Kier molecular flexibility index (Phi) is 5.87. The van der Waals surface area contributed by atoms with Crippen LogP contribution in [0.15, 0.2) is 57.8 Å². The molecule has 0 amide bonds. The first-order valence-corrected chi connectivity index (χ1v) is 11.3. The van der Waals surface area contributed by atoms with Gasteiger partial charge >= 0.3 is 0 Å². The fourth-order valence-electron chi connectivity index (χ4n) is 3.10. The molecule has 0 radical (unpaired) electrons. The number of pyridine rings is 1. The molecule has 30 heavy (non-hydrogen) atoms. The van der Waals surface area contributed by atoms with Gasteiger partial charge in [0, 0.05) is 36.8 Å². The number of aromatic nitrogens is 3. The van der Waals surface area contributed by atoms with Crippen LogP contribution < -0.4 is 11.3 Å². The minimum atomic E-state index is -1.29. The lowest BCUT2D eigenvalue weighted by molar-refractivity contribution is 0.217. The van der Waals surface area contributed by atoms with Gasteiger partial charge in [-0.3, -0.25) is 4.79 Å². The molecule has 0 aliphatic carbocycles. The third kappa shape index (κ3) is 3.84. The van der Waals surface area contributed by atoms with Crippen LogP contribution in [-0.2, 0) is 23.0 Å². The predicted octanol–water partition coefficient (Wildman–Crippen LogP) is 3.06. The molecule has 2 N–H and O–H groups in total. The summed E-state index contributed by atoms with van der Waals surface area (Å²) in [4.78, 5) is 21.8. The van der Waals surface area contributed by atoms with Crippen molar-refractivity contribution in [2.24, 2.45) is 7.05 Å². The Hall–Kier alpha value is -2.72. The minimum absolute atomic E-state index is 0.171. The smallest absolute Gasteiger partial charge is 0.253 e. The van der Waals surface area contributed by atoms with Gasteiger partial charge in [0.05, 0.1) is 24.3 Å². The highest BCUT2D eigenvalue weighted by Gasteiger charge is 2.25. The van der Waals surface area contributed by atoms with E-state index in [9.17, 15) is 9.35 Å². The second kappa shape index (κ2) is 8.57. The summed E-state index contributed by atoms with van der Waals surface area (Å²) in [7, 11) is 3.22. The van der Waals surface area contributed by atoms with Crippen molar-refractivity contribution in [1.82, 2.24) is 14.5 Å². The molecule has 4 rings (SSSR count). The van der Waals surface area contributed by atoms with Gasteiger partial charge in [0.15, 0.2) is 0 Å². The van der Waals surface area contributed by atoms with Gasteiger partial charge < -0.3 is 19.6 Å². The number of anilines is 1. The zero-order valence-electron chi connectivity index (χ0n) is 16.5. The van der Waals surface area contributed by atoms with Gasteiger partial charge in [-0.05, 0) is 17.2 Å². The summed E-state index contributed by atoms with van der Waals surface area (Å²) in [6.45, 7) is 0.377. The third-order valence-corrected chi connectivity index (χ3v) is 7.54. The number of aryl methyl sites for hydroxylation is 1. The standard InChI is InChI=1S/C21H20N4O3S2/c1-25-12-23-15(11-17(25)26)16-10-14(13-6-4-3-5-7-13)18-19(22)21(29-20(18)24-16)30(27)9-8-28-2/h3-7,10-12H,8-9,22H2,1-2H3. The SMILES string of the molecule is COCC[S+]([O-])c1sc2nc(-c3cc(=O)n(C)cn3)cc(-c3ccccc3)c2c1N. The molecule has 0 aliphatic rings. The van der Waals surface area contributed by atoms with E-state index in [0.717, 1.165) is 16.5 Å². The molecule has 0 aliphatic heterocycles. The van der Waals surface area contributed by atoms with Crippen LogP contribution in [-0.4, -0.2) is 38.6 Å². The maximum atomic E-state index is 12.8. The van der Waals surface area contributed by atoms with Crippen molar-refractivity contribution in [3.8, 4) is 22.5 Å². The van der Waals surface area contributed by atoms with E-state index in [1.54, 1.807) is 14.2 Å². The summed E-state index contributed by atoms with van der Waals surface area (Å²) in [5, 5.41) is 0.763. The van der Waals surface area contributed by atoms with Crippen molar-refractivity contribution in [3.63, 3.8) is 0 Å². The van der Waals surface area contributed by atoms with E-state index in [1.165, 1.54) is 28.3 Å². The summed E-state index contributed by atoms with van der Waals surface area (Å²) < 4.78 is 19.8. The highest BCUT2D eigenvalue weighted by atomic mass is 32.2. The number of hydrogen-bond acceptors (Lipinski definition) is 7. The zero-order chi connectivity index (χ0) is 21.3. The van der Waals surface area contributed by atoms with Gasteiger partial charge in [-0.15, -0.1) is 0 Å². The minimum Gasteiger partial charge on any atom is -0.611 e. The second-order valence-corrected chi connectivity index (χ2v) is 9.44. The van der Waals surface area contributed by atoms with Crippen molar-refractivity contribution < 1.29 is 9.29 Å². The molecular weight excluding hydrogens is 420 g/mol. The number of nitrogens with zero attached hydrogens (tertiary/aromatic N) is 3. The molecule has 0 fully saturated rings. The van der Waals surface area contributed by atoms with Crippen molar-refractivity contribution >= 4 is 38.4 Å². The van der Waals surface area contributed by atoms with Crippen LogP contribution in [0.2, 0.25) is 0 Å². The van der Waals surface area contributed by atoms with E-state index >= 15 is 0 Å². The van der Waals surface area contributed by atoms with Crippen LogP contribution >= 0.6 is 11.3 Å². The Morgan fingerprint density at radius 2 is 2.00 bits per heavy atom. The number of nitrogen functional groups attached to an aromatic ring is 1. The molecule has 4 aromatic rings. The number of ether oxygens (including phenoxy) is 1. The summed E-state index contributed by atoms with van der Waals surface area (Å²) in [5.74, 6) is 0.358. The quantitative estimate of drug-likeness (QED) is 0.462. The molecule has 9 heteroatoms. The lowest BCUT2D eigenvalue weighted by Crippen LogP contribution is -2.15. The van der Waals surface area contributed by atoms with E-state index in [1.807, 2.05) is 36.4 Å². The van der Waals surface area contributed by atoms with Gasteiger partial charge in [-0.25, -0.2) is 9.97 Å². The topological polar surface area (TPSA) is 106 Å². The number of fused-ring (bicyclic) bond motifs is 1. The maximum Gasteiger partial charge on any atom is 0.253 e. The Balaban J connectivity index is 1.95. The summed E-state index contributed by atoms with van der Waals surface area (Å²) in [5.41, 5.74) is 9.61. The number of rotatable bonds is 6. The normalized spacial score (nSPS) is 12.4. The number of hydrogen-bond donors (Lipinski definition) is 1. The number of thiophene rings is 1. The monoisotopic (exact) mass is 440 g/mol. The van der Waals surface area contributed by atoms with Crippen molar-refractivity contribution in [1.29, 1.82) is 0 Å². The molecule has 0 saturated heterocycles. The zero-order valence-corrected chi connectivity index (χ0v) is 18.1. The van der Waals surface area contributed by atoms with Gasteiger partial charge in [-0.2, -0.15) is 0 Å². The molecule has 154 valence electrons. The lowest BCUT2D eigenvalue weighted by Gasteiger charge is -2.09. The molecule has 1 unspecified atom stereocenters. The van der Waals surface area contributed by atoms with Crippen LogP contribution in [0.5, 0.6) is 0 Å². The molecule has 3 heterocycles. The van der Waals surface area contributed by atoms with Gasteiger partial charge in [-0.1, -0.05) is 41.7 Å². The Morgan fingerprint density at radius 1 is 1.23 bits per heavy atom. The first-order valence-electron chi connectivity index (χ1n) is 9.18. The van der Waals surface area contributed by atoms with Gasteiger partial charge in [0.25, 0.3) is 5.56 Å². The van der Waals surface area contributed by atoms with Gasteiger partial charge in [0.2, 0.25) is 4.21 Å². The molecule has 1 atom stereocenters. The average molecular weight is 441 g/mol. The van der Waals surface area contributed by atoms with Crippen molar-refractivity contribution in [2.45, 2.75) is 4.21 Å². The van der Waals surface area contributed by atoms with Crippen molar-refractivity contribution in [2.75, 3.05) is 25.2 Å². The van der Waals surface area contributed by atoms with Crippen LogP contribution in [0.3, 0.4) is 0 Å². The molecule has 0 bridgehead atoms. The average Bonchev–Trinajstić information content (AvgIpc) is 3.10. The first kappa shape index (κ1) is 20.5. The highest BCUT2D eigenvalue weighted by Crippen LogP contribution is 2.43. The number of benzene rings is 1. The van der Waals surface area contributed by atoms with Crippen LogP contribution in [0.25, 0.3) is 32.7 Å². The van der Waals surface area contributed by atoms with Crippen molar-refractivity contribution in [3.05, 3.63) is 59.1 Å². The molecule has 1 aromatic carbocycles. The Morgan fingerprint density at radius 3 is 2.70 bits per heavy atom. The second-order valence-electron chi connectivity index (χ2n) is 6.67. The first-order chi connectivity index (χ1) is 14.5. The fourth-order valence-corrected chi connectivity index (χ4v) is 5.66. The molecule has 3 aromatic heterocycles. The van der Waals surface area contributed by atoms with E-state index in [4.69, 9.17) is 15.5 Å². The lowest BCUT2D eigenvalue weighted by atomic mass is 10.0. The van der Waals surface area contributed by atoms with Crippen LogP contribution in [0, 0.1) is 0 Å². The van der Waals surface area contributed by atoms with Crippen LogP contribution in [0.4, 0.5) is 5.69 Å². The Bertz CT molecular complexity index is 1250. The largest absolute Gasteiger partial charge is 0.611 e. The van der Waals surface area contributed by atoms with Crippen LogP contribution in [0.1, 0.15) is 0 Å². The molecule has 0 spiro atoms. The predicted molar refractivity (Wildman–Crippen MR) is 121 cm³/mol. The molecule has 0 saturated carbocycles. The van der Waals surface area contributed by atoms with E-state index in [2.05, 4.69) is 4.98 Å². The maximum absolute atomic E-state index is 12.8. The fraction of sp³-hybridized carbons (Fsp3) is 0.190. The number of nitrogens with two attached hydrogens (primary N) is 1. The Labute approximate surface area is 180 Å². The molecule has 7 nitrogen and oxygen atoms in total. The van der Waals surface area contributed by atoms with E-state index in [-0.39, 0.29) is 5.56 Å². The summed E-state index contributed by atoms with van der Waals surface area (Å²) in [6.07, 6.45) is 1.47.